The number of hydrogen-bond donors (Lipinski definition) is 0. The van der Waals surface area contributed by atoms with Gasteiger partial charge in [0.15, 0.2) is 0 Å². The van der Waals surface area contributed by atoms with Crippen molar-refractivity contribution in [3.8, 4) is 0 Å². The Kier molecular flexibility index (Phi) is 7.55. The van der Waals surface area contributed by atoms with E-state index in [0.717, 1.165) is 87.8 Å². The monoisotopic (exact) mass is 575 g/mol. The predicted molar refractivity (Wildman–Crippen MR) is 178 cm³/mol. The highest BCUT2D eigenvalue weighted by atomic mass is 15.0. The number of hydrogen-bond acceptors (Lipinski definition) is 0. The molecule has 0 radical (unpaired) electrons. The molecule has 0 aromatic heterocycles. The van der Waals surface area contributed by atoms with Crippen LogP contribution in [0.15, 0.2) is 0 Å². The Morgan fingerprint density at radius 3 is 2.21 bits per heavy atom. The van der Waals surface area contributed by atoms with Crippen molar-refractivity contribution >= 4 is 0 Å². The van der Waals surface area contributed by atoms with Crippen molar-refractivity contribution in [3.05, 3.63) is 0 Å². The molecule has 17 unspecified atom stereocenters. The number of fused-ring (bicyclic) bond motifs is 2. The van der Waals surface area contributed by atoms with Crippen molar-refractivity contribution in [2.75, 3.05) is 0 Å². The summed E-state index contributed by atoms with van der Waals surface area (Å²) in [7, 11) is 0. The van der Waals surface area contributed by atoms with E-state index < -0.39 is 0 Å². The predicted octanol–water partition coefficient (Wildman–Crippen LogP) is 12.1. The van der Waals surface area contributed by atoms with Crippen molar-refractivity contribution in [2.45, 2.75) is 157 Å². The normalized spacial score (nSPS) is 54.9. The molecule has 8 fully saturated rings. The first-order chi connectivity index (χ1) is 20.3. The lowest BCUT2D eigenvalue weighted by molar-refractivity contribution is -0.148. The van der Waals surface area contributed by atoms with E-state index in [2.05, 4.69) is 41.5 Å². The third-order valence-electron chi connectivity index (χ3n) is 17.9. The van der Waals surface area contributed by atoms with Gasteiger partial charge in [-0.25, -0.2) is 0 Å². The lowest BCUT2D eigenvalue weighted by Crippen LogP contribution is -2.56. The maximum atomic E-state index is 2.74. The van der Waals surface area contributed by atoms with Crippen LogP contribution in [0.25, 0.3) is 0 Å². The van der Waals surface area contributed by atoms with Crippen molar-refractivity contribution < 1.29 is 0 Å². The average molecular weight is 575 g/mol. The van der Waals surface area contributed by atoms with E-state index in [4.69, 9.17) is 0 Å². The number of unbranched alkanes of at least 4 members (excludes halogenated alkanes) is 1. The fourth-order valence-corrected chi connectivity index (χ4v) is 15.2. The van der Waals surface area contributed by atoms with Gasteiger partial charge in [0.1, 0.15) is 0 Å². The molecule has 8 saturated carbocycles. The summed E-state index contributed by atoms with van der Waals surface area (Å²) in [5, 5.41) is 0. The van der Waals surface area contributed by atoms with E-state index in [-0.39, 0.29) is 0 Å². The Morgan fingerprint density at radius 1 is 0.762 bits per heavy atom. The molecule has 42 heavy (non-hydrogen) atoms. The zero-order valence-corrected chi connectivity index (χ0v) is 29.0. The van der Waals surface area contributed by atoms with E-state index in [1.54, 1.807) is 77.0 Å². The molecule has 238 valence electrons. The first-order valence-corrected chi connectivity index (χ1v) is 20.3. The van der Waals surface area contributed by atoms with Gasteiger partial charge < -0.3 is 0 Å². The minimum absolute atomic E-state index is 0.822. The summed E-state index contributed by atoms with van der Waals surface area (Å²) in [5.41, 5.74) is 1.71. The van der Waals surface area contributed by atoms with Gasteiger partial charge in [0, 0.05) is 0 Å². The summed E-state index contributed by atoms with van der Waals surface area (Å²) in [6.45, 7) is 15.2. The summed E-state index contributed by atoms with van der Waals surface area (Å²) in [6, 6.07) is 0. The Balaban J connectivity index is 0.765. The van der Waals surface area contributed by atoms with Crippen LogP contribution in [0.1, 0.15) is 157 Å². The molecule has 17 atom stereocenters. The molecule has 0 bridgehead atoms. The van der Waals surface area contributed by atoms with Crippen LogP contribution in [0.2, 0.25) is 0 Å². The van der Waals surface area contributed by atoms with Gasteiger partial charge in [0.2, 0.25) is 0 Å². The molecule has 0 aliphatic heterocycles. The fraction of sp³-hybridized carbons (Fsp3) is 1.00. The maximum Gasteiger partial charge on any atom is -0.0142 e. The van der Waals surface area contributed by atoms with Gasteiger partial charge in [-0.05, 0) is 189 Å². The van der Waals surface area contributed by atoms with Gasteiger partial charge in [0.25, 0.3) is 0 Å². The third kappa shape index (κ3) is 4.22. The fourth-order valence-electron chi connectivity index (χ4n) is 15.2. The standard InChI is InChI=1S/C42H70/c1-7-10-31-21-32-23-37(40(31)32)36-18-16-29(36)20-27(5)35-17-15-30(35)22-33-24-39-41(6)38(42(33,39)41)12-9-8-11-34-26(4)19-28(34)14-13-25(2)3/h25-40H,7-24H2,1-6H3. The summed E-state index contributed by atoms with van der Waals surface area (Å²) in [5.74, 6) is 17.7. The summed E-state index contributed by atoms with van der Waals surface area (Å²) in [6.07, 6.45) is 28.2. The quantitative estimate of drug-likeness (QED) is 0.161. The van der Waals surface area contributed by atoms with Gasteiger partial charge >= 0.3 is 0 Å². The lowest BCUT2D eigenvalue weighted by Gasteiger charge is -2.64. The van der Waals surface area contributed by atoms with Crippen LogP contribution < -0.4 is 0 Å². The lowest BCUT2D eigenvalue weighted by atomic mass is 9.41. The van der Waals surface area contributed by atoms with E-state index in [1.165, 1.54) is 56.3 Å². The van der Waals surface area contributed by atoms with Crippen molar-refractivity contribution in [2.24, 2.45) is 106 Å². The van der Waals surface area contributed by atoms with Crippen LogP contribution in [0, 0.1) is 106 Å². The zero-order chi connectivity index (χ0) is 29.0. The topological polar surface area (TPSA) is 0 Å². The average Bonchev–Trinajstić information content (AvgIpc) is 3.63. The maximum absolute atomic E-state index is 2.74. The number of rotatable bonds is 16. The summed E-state index contributed by atoms with van der Waals surface area (Å²) >= 11 is 0. The van der Waals surface area contributed by atoms with E-state index in [9.17, 15) is 0 Å². The highest BCUT2D eigenvalue weighted by Crippen LogP contribution is 3.04. The minimum Gasteiger partial charge on any atom is -0.0654 e. The molecule has 0 N–H and O–H groups in total. The van der Waals surface area contributed by atoms with Crippen LogP contribution in [0.3, 0.4) is 0 Å². The molecule has 8 aliphatic carbocycles. The molecular weight excluding hydrogens is 504 g/mol. The molecule has 8 rings (SSSR count). The molecule has 8 aliphatic rings. The van der Waals surface area contributed by atoms with Gasteiger partial charge in [-0.15, -0.1) is 0 Å². The Bertz CT molecular complexity index is 977. The SMILES string of the molecule is CCCC1CC2CC(C3CCC3CC(C)C3CCC3CC3CC4C5(C)C(CCCCC6C(C)CC6CCC(C)C)C345)C12. The van der Waals surface area contributed by atoms with Gasteiger partial charge in [-0.1, -0.05) is 73.6 Å². The molecule has 0 heterocycles. The largest absolute Gasteiger partial charge is 0.0654 e. The van der Waals surface area contributed by atoms with Gasteiger partial charge in [-0.3, -0.25) is 0 Å². The summed E-state index contributed by atoms with van der Waals surface area (Å²) in [4.78, 5) is 0. The van der Waals surface area contributed by atoms with Crippen molar-refractivity contribution in [3.63, 3.8) is 0 Å². The first kappa shape index (κ1) is 29.4. The Morgan fingerprint density at radius 2 is 1.57 bits per heavy atom. The van der Waals surface area contributed by atoms with E-state index >= 15 is 0 Å². The molecular formula is C42H70. The van der Waals surface area contributed by atoms with Crippen LogP contribution in [0.4, 0.5) is 0 Å². The third-order valence-corrected chi connectivity index (χ3v) is 17.9. The smallest absolute Gasteiger partial charge is 0.0142 e. The zero-order valence-electron chi connectivity index (χ0n) is 29.0. The molecule has 0 nitrogen and oxygen atoms in total. The molecule has 0 saturated heterocycles. The highest BCUT2D eigenvalue weighted by Gasteiger charge is 3.00. The van der Waals surface area contributed by atoms with Crippen LogP contribution in [-0.2, 0) is 0 Å². The second-order valence-electron chi connectivity index (χ2n) is 19.6. The van der Waals surface area contributed by atoms with Crippen molar-refractivity contribution in [1.82, 2.24) is 0 Å². The molecule has 1 spiro atoms. The van der Waals surface area contributed by atoms with E-state index in [1.807, 2.05) is 0 Å². The minimum atomic E-state index is 0.822. The Labute approximate surface area is 262 Å². The van der Waals surface area contributed by atoms with Gasteiger partial charge in [0.05, 0.1) is 0 Å². The Hall–Kier alpha value is 0. The molecule has 0 amide bonds. The molecule has 0 aromatic carbocycles. The molecule has 0 heteroatoms. The van der Waals surface area contributed by atoms with Crippen LogP contribution >= 0.6 is 0 Å². The summed E-state index contributed by atoms with van der Waals surface area (Å²) < 4.78 is 0. The second kappa shape index (κ2) is 10.8. The van der Waals surface area contributed by atoms with Crippen molar-refractivity contribution in [1.29, 1.82) is 0 Å². The highest BCUT2D eigenvalue weighted by molar-refractivity contribution is 5.46. The van der Waals surface area contributed by atoms with E-state index in [0.29, 0.717) is 0 Å². The first-order valence-electron chi connectivity index (χ1n) is 20.3. The van der Waals surface area contributed by atoms with Crippen LogP contribution in [0.5, 0.6) is 0 Å². The van der Waals surface area contributed by atoms with Gasteiger partial charge in [-0.2, -0.15) is 0 Å². The second-order valence-corrected chi connectivity index (χ2v) is 19.6. The molecule has 0 aromatic rings. The van der Waals surface area contributed by atoms with Crippen LogP contribution in [-0.4, -0.2) is 0 Å².